The Bertz CT molecular complexity index is 669. The number of imidazole rings is 1. The van der Waals surface area contributed by atoms with Crippen LogP contribution in [0, 0.1) is 0 Å². The number of rotatable bonds is 2. The van der Waals surface area contributed by atoms with Gasteiger partial charge in [0.1, 0.15) is 5.82 Å². The second-order valence-electron chi connectivity index (χ2n) is 3.82. The van der Waals surface area contributed by atoms with E-state index < -0.39 is 0 Å². The van der Waals surface area contributed by atoms with Crippen LogP contribution < -0.4 is 5.73 Å². The van der Waals surface area contributed by atoms with Crippen molar-refractivity contribution in [1.29, 1.82) is 0 Å². The Kier molecular flexibility index (Phi) is 2.36. The SMILES string of the molecule is Nc1cnn(Cc2nc3ccc(Br)cc3[nH]2)c1. The first-order valence-electron chi connectivity index (χ1n) is 5.13. The smallest absolute Gasteiger partial charge is 0.129 e. The Labute approximate surface area is 106 Å². The van der Waals surface area contributed by atoms with Crippen LogP contribution >= 0.6 is 15.9 Å². The van der Waals surface area contributed by atoms with Crippen LogP contribution in [0.15, 0.2) is 35.1 Å². The summed E-state index contributed by atoms with van der Waals surface area (Å²) in [5.41, 5.74) is 8.22. The van der Waals surface area contributed by atoms with Crippen LogP contribution in [0.5, 0.6) is 0 Å². The summed E-state index contributed by atoms with van der Waals surface area (Å²) in [6, 6.07) is 5.94. The number of fused-ring (bicyclic) bond motifs is 1. The maximum atomic E-state index is 5.61. The van der Waals surface area contributed by atoms with Gasteiger partial charge in [-0.3, -0.25) is 4.68 Å². The fraction of sp³-hybridized carbons (Fsp3) is 0.0909. The number of nitrogen functional groups attached to an aromatic ring is 1. The van der Waals surface area contributed by atoms with Crippen molar-refractivity contribution in [3.63, 3.8) is 0 Å². The summed E-state index contributed by atoms with van der Waals surface area (Å²) in [4.78, 5) is 7.73. The fourth-order valence-corrected chi connectivity index (χ4v) is 2.09. The summed E-state index contributed by atoms with van der Waals surface area (Å²) in [7, 11) is 0. The highest BCUT2D eigenvalue weighted by Gasteiger charge is 2.04. The number of nitrogens with two attached hydrogens (primary N) is 1. The minimum atomic E-state index is 0.587. The van der Waals surface area contributed by atoms with Crippen molar-refractivity contribution in [3.8, 4) is 0 Å². The molecule has 0 aliphatic carbocycles. The number of hydrogen-bond acceptors (Lipinski definition) is 3. The zero-order chi connectivity index (χ0) is 11.8. The number of nitrogens with one attached hydrogen (secondary N) is 1. The summed E-state index contributed by atoms with van der Waals surface area (Å²) >= 11 is 3.43. The number of aromatic nitrogens is 4. The highest BCUT2D eigenvalue weighted by atomic mass is 79.9. The van der Waals surface area contributed by atoms with E-state index in [1.54, 1.807) is 17.1 Å². The number of nitrogens with zero attached hydrogens (tertiary/aromatic N) is 3. The van der Waals surface area contributed by atoms with Gasteiger partial charge in [-0.05, 0) is 18.2 Å². The Balaban J connectivity index is 1.95. The van der Waals surface area contributed by atoms with E-state index in [0.29, 0.717) is 12.2 Å². The molecule has 0 unspecified atom stereocenters. The minimum Gasteiger partial charge on any atom is -0.396 e. The standard InChI is InChI=1S/C11H10BrN5/c12-7-1-2-9-10(3-7)16-11(15-9)6-17-5-8(13)4-14-17/h1-5H,6,13H2,(H,15,16). The number of benzene rings is 1. The fourth-order valence-electron chi connectivity index (χ4n) is 1.73. The molecule has 0 radical (unpaired) electrons. The lowest BCUT2D eigenvalue weighted by molar-refractivity contribution is 0.663. The molecular weight excluding hydrogens is 282 g/mol. The number of halogens is 1. The molecule has 0 aliphatic rings. The topological polar surface area (TPSA) is 72.5 Å². The van der Waals surface area contributed by atoms with Gasteiger partial charge in [0.25, 0.3) is 0 Å². The molecule has 1 aromatic carbocycles. The average Bonchev–Trinajstić information content (AvgIpc) is 2.84. The van der Waals surface area contributed by atoms with Gasteiger partial charge in [0.05, 0.1) is 29.5 Å². The first-order valence-corrected chi connectivity index (χ1v) is 5.92. The van der Waals surface area contributed by atoms with Gasteiger partial charge in [0.2, 0.25) is 0 Å². The molecule has 6 heteroatoms. The van der Waals surface area contributed by atoms with Crippen molar-refractivity contribution in [1.82, 2.24) is 19.7 Å². The van der Waals surface area contributed by atoms with E-state index >= 15 is 0 Å². The molecule has 0 fully saturated rings. The van der Waals surface area contributed by atoms with E-state index in [2.05, 4.69) is 31.0 Å². The normalized spacial score (nSPS) is 11.1. The lowest BCUT2D eigenvalue weighted by Crippen LogP contribution is -2.01. The van der Waals surface area contributed by atoms with Crippen LogP contribution in [0.4, 0.5) is 5.69 Å². The number of hydrogen-bond donors (Lipinski definition) is 2. The molecule has 0 aliphatic heterocycles. The molecule has 0 saturated heterocycles. The largest absolute Gasteiger partial charge is 0.396 e. The van der Waals surface area contributed by atoms with Crippen molar-refractivity contribution in [2.45, 2.75) is 6.54 Å². The molecule has 86 valence electrons. The Morgan fingerprint density at radius 1 is 1.41 bits per heavy atom. The lowest BCUT2D eigenvalue weighted by Gasteiger charge is -1.95. The summed E-state index contributed by atoms with van der Waals surface area (Å²) in [5.74, 6) is 0.862. The molecule has 2 heterocycles. The highest BCUT2D eigenvalue weighted by Crippen LogP contribution is 2.18. The van der Waals surface area contributed by atoms with Gasteiger partial charge in [0.15, 0.2) is 0 Å². The van der Waals surface area contributed by atoms with Gasteiger partial charge in [-0.1, -0.05) is 15.9 Å². The van der Waals surface area contributed by atoms with Crippen molar-refractivity contribution in [3.05, 3.63) is 40.9 Å². The van der Waals surface area contributed by atoms with Gasteiger partial charge < -0.3 is 10.7 Å². The Morgan fingerprint density at radius 3 is 3.06 bits per heavy atom. The molecule has 2 aromatic heterocycles. The zero-order valence-electron chi connectivity index (χ0n) is 8.89. The first kappa shape index (κ1) is 10.3. The van der Waals surface area contributed by atoms with Crippen molar-refractivity contribution < 1.29 is 0 Å². The quantitative estimate of drug-likeness (QED) is 0.760. The van der Waals surface area contributed by atoms with Crippen LogP contribution in [0.2, 0.25) is 0 Å². The molecule has 3 aromatic rings. The van der Waals surface area contributed by atoms with Crippen LogP contribution in [0.25, 0.3) is 11.0 Å². The molecule has 3 N–H and O–H groups in total. The van der Waals surface area contributed by atoms with Crippen LogP contribution in [0.1, 0.15) is 5.82 Å². The van der Waals surface area contributed by atoms with Gasteiger partial charge >= 0.3 is 0 Å². The van der Waals surface area contributed by atoms with E-state index in [4.69, 9.17) is 5.73 Å². The second kappa shape index (κ2) is 3.89. The van der Waals surface area contributed by atoms with E-state index in [0.717, 1.165) is 21.3 Å². The average molecular weight is 292 g/mol. The molecular formula is C11H10BrN5. The van der Waals surface area contributed by atoms with Gasteiger partial charge in [-0.2, -0.15) is 5.10 Å². The van der Waals surface area contributed by atoms with E-state index in [9.17, 15) is 0 Å². The third kappa shape index (κ3) is 2.03. The number of H-pyrrole nitrogens is 1. The molecule has 0 bridgehead atoms. The van der Waals surface area contributed by atoms with Crippen LogP contribution in [-0.4, -0.2) is 19.7 Å². The van der Waals surface area contributed by atoms with Crippen molar-refractivity contribution in [2.75, 3.05) is 5.73 Å². The molecule has 0 spiro atoms. The summed E-state index contributed by atoms with van der Waals surface area (Å²) in [6.45, 7) is 0.587. The monoisotopic (exact) mass is 291 g/mol. The Morgan fingerprint density at radius 2 is 2.29 bits per heavy atom. The second-order valence-corrected chi connectivity index (χ2v) is 4.73. The van der Waals surface area contributed by atoms with Gasteiger partial charge in [-0.15, -0.1) is 0 Å². The number of anilines is 1. The molecule has 3 rings (SSSR count). The van der Waals surface area contributed by atoms with Crippen LogP contribution in [-0.2, 0) is 6.54 Å². The summed E-state index contributed by atoms with van der Waals surface area (Å²) in [5, 5.41) is 4.12. The predicted octanol–water partition coefficient (Wildman–Crippen LogP) is 2.15. The Hall–Kier alpha value is -1.82. The third-order valence-electron chi connectivity index (χ3n) is 2.46. The zero-order valence-corrected chi connectivity index (χ0v) is 10.5. The van der Waals surface area contributed by atoms with E-state index in [-0.39, 0.29) is 0 Å². The maximum absolute atomic E-state index is 5.61. The molecule has 0 atom stereocenters. The van der Waals surface area contributed by atoms with Crippen molar-refractivity contribution >= 4 is 32.7 Å². The highest BCUT2D eigenvalue weighted by molar-refractivity contribution is 9.10. The maximum Gasteiger partial charge on any atom is 0.129 e. The number of aromatic amines is 1. The third-order valence-corrected chi connectivity index (χ3v) is 2.95. The molecule has 5 nitrogen and oxygen atoms in total. The molecule has 0 saturated carbocycles. The first-order chi connectivity index (χ1) is 8.20. The van der Waals surface area contributed by atoms with E-state index in [1.165, 1.54) is 0 Å². The summed E-state index contributed by atoms with van der Waals surface area (Å²) in [6.07, 6.45) is 3.41. The summed E-state index contributed by atoms with van der Waals surface area (Å²) < 4.78 is 2.78. The molecule has 0 amide bonds. The van der Waals surface area contributed by atoms with Gasteiger partial charge in [0, 0.05) is 10.7 Å². The van der Waals surface area contributed by atoms with Crippen LogP contribution in [0.3, 0.4) is 0 Å². The van der Waals surface area contributed by atoms with Crippen molar-refractivity contribution in [2.24, 2.45) is 0 Å². The molecule has 17 heavy (non-hydrogen) atoms. The predicted molar refractivity (Wildman–Crippen MR) is 69.5 cm³/mol. The van der Waals surface area contributed by atoms with Gasteiger partial charge in [-0.25, -0.2) is 4.98 Å². The minimum absolute atomic E-state index is 0.587. The lowest BCUT2D eigenvalue weighted by atomic mass is 10.3. The van der Waals surface area contributed by atoms with E-state index in [1.807, 2.05) is 18.2 Å².